The summed E-state index contributed by atoms with van der Waals surface area (Å²) in [4.78, 5) is 17.6. The molecule has 0 fully saturated rings. The molecule has 0 atom stereocenters. The van der Waals surface area contributed by atoms with Crippen LogP contribution in [0.2, 0.25) is 0 Å². The van der Waals surface area contributed by atoms with Gasteiger partial charge in [-0.1, -0.05) is 24.3 Å². The molecule has 4 rings (SSSR count). The zero-order valence-electron chi connectivity index (χ0n) is 27.7. The third-order valence-corrected chi connectivity index (χ3v) is 12.1. The molecule has 0 aromatic carbocycles. The molecule has 0 unspecified atom stereocenters. The van der Waals surface area contributed by atoms with Gasteiger partial charge in [-0.2, -0.15) is 0 Å². The molecule has 0 aliphatic heterocycles. The molecule has 258 valence electrons. The van der Waals surface area contributed by atoms with Crippen LogP contribution in [0.5, 0.6) is 0 Å². The number of pyridine rings is 4. The molecule has 47 heavy (non-hydrogen) atoms. The van der Waals surface area contributed by atoms with Gasteiger partial charge in [0.25, 0.3) is 0 Å². The predicted molar refractivity (Wildman–Crippen MR) is 193 cm³/mol. The first kappa shape index (κ1) is 41.5. The Labute approximate surface area is 302 Å². The van der Waals surface area contributed by atoms with Gasteiger partial charge in [-0.05, 0) is 77.9 Å². The monoisotopic (exact) mass is 896 g/mol. The molecule has 0 N–H and O–H groups in total. The number of halogens is 2. The first-order valence-corrected chi connectivity index (χ1v) is 26.8. The van der Waals surface area contributed by atoms with Gasteiger partial charge < -0.3 is 26.6 Å². The minimum absolute atomic E-state index is 0.335. The van der Waals surface area contributed by atoms with Gasteiger partial charge in [-0.3, -0.25) is 19.9 Å². The summed E-state index contributed by atoms with van der Waals surface area (Å²) in [7, 11) is -5.76. The maximum absolute atomic E-state index is 5.88. The van der Waals surface area contributed by atoms with Crippen molar-refractivity contribution >= 4 is 55.2 Å². The molecule has 4 aromatic rings. The Morgan fingerprint density at radius 3 is 0.979 bits per heavy atom. The van der Waals surface area contributed by atoms with Gasteiger partial charge >= 0.3 is 58.1 Å². The number of hydrogen-bond acceptors (Lipinski definition) is 10. The fourth-order valence-electron chi connectivity index (χ4n) is 4.37. The van der Waals surface area contributed by atoms with E-state index in [1.54, 1.807) is 24.8 Å². The first-order valence-electron chi connectivity index (χ1n) is 15.4. The Morgan fingerprint density at radius 1 is 0.468 bits per heavy atom. The van der Waals surface area contributed by atoms with Crippen LogP contribution in [0.25, 0.3) is 22.8 Å². The van der Waals surface area contributed by atoms with E-state index in [0.29, 0.717) is 52.8 Å². The van der Waals surface area contributed by atoms with E-state index >= 15 is 0 Å². The van der Waals surface area contributed by atoms with Crippen molar-refractivity contribution in [2.45, 2.75) is 41.5 Å². The summed E-state index contributed by atoms with van der Waals surface area (Å²) in [5.41, 5.74) is 3.31. The van der Waals surface area contributed by atoms with Crippen LogP contribution in [0.1, 0.15) is 41.5 Å². The quantitative estimate of drug-likeness (QED) is 0.116. The van der Waals surface area contributed by atoms with Crippen LogP contribution in [0.3, 0.4) is 0 Å². The van der Waals surface area contributed by atoms with Crippen molar-refractivity contribution in [2.75, 3.05) is 39.6 Å². The van der Waals surface area contributed by atoms with Crippen LogP contribution in [0.15, 0.2) is 85.5 Å². The van der Waals surface area contributed by atoms with E-state index in [1.807, 2.05) is 102 Å². The van der Waals surface area contributed by atoms with E-state index in [1.165, 1.54) is 0 Å². The number of hydrogen-bond donors (Lipinski definition) is 0. The van der Waals surface area contributed by atoms with Crippen LogP contribution in [0.4, 0.5) is 0 Å². The second kappa shape index (κ2) is 23.7. The van der Waals surface area contributed by atoms with E-state index in [9.17, 15) is 0 Å². The molecule has 0 saturated carbocycles. The molecule has 4 aromatic heterocycles. The van der Waals surface area contributed by atoms with E-state index < -0.39 is 17.6 Å². The topological polar surface area (TPSA) is 107 Å². The van der Waals surface area contributed by atoms with Crippen molar-refractivity contribution in [1.82, 2.24) is 19.9 Å². The normalized spacial score (nSPS) is 11.3. The molecular formula is C32H44Br2N4O6RuSi2. The predicted octanol–water partition coefficient (Wildman–Crippen LogP) is 6.49. The molecule has 15 heteroatoms. The number of rotatable bonds is 16. The Hall–Kier alpha value is -1.62. The Bertz CT molecular complexity index is 1230. The van der Waals surface area contributed by atoms with E-state index in [4.69, 9.17) is 26.6 Å². The van der Waals surface area contributed by atoms with Crippen LogP contribution >= 0.6 is 27.2 Å². The van der Waals surface area contributed by atoms with Crippen LogP contribution in [-0.2, 0) is 39.8 Å². The SMILES string of the molecule is CCO[Si](OCC)(OCC)c1ccc(-c2ccccn2)nc1.CCO[Si](OCC)(OCC)c1ccc(-c2ccccn2)nc1.[Br][Ru][Br]. The van der Waals surface area contributed by atoms with E-state index in [-0.39, 0.29) is 0 Å². The third-order valence-electron chi connectivity index (χ3n) is 6.09. The summed E-state index contributed by atoms with van der Waals surface area (Å²) < 4.78 is 35.3. The molecule has 0 radical (unpaired) electrons. The van der Waals surface area contributed by atoms with E-state index in [2.05, 4.69) is 47.2 Å². The molecule has 0 bridgehead atoms. The molecular weight excluding hydrogens is 853 g/mol. The van der Waals surface area contributed by atoms with Crippen molar-refractivity contribution in [3.8, 4) is 22.8 Å². The van der Waals surface area contributed by atoms with Crippen molar-refractivity contribution in [1.29, 1.82) is 0 Å². The number of nitrogens with zero attached hydrogens (tertiary/aromatic N) is 4. The molecule has 0 spiro atoms. The summed E-state index contributed by atoms with van der Waals surface area (Å²) >= 11 is 6.64. The molecule has 10 nitrogen and oxygen atoms in total. The standard InChI is InChI=1S/2C16H22N2O3Si.2BrH.Ru/c2*1-4-19-22(20-5-2,21-6-3)14-10-11-16(18-13-14)15-9-7-8-12-17-15;;;/h2*7-13H,4-6H2,1-3H3;2*1H;/q;;;;+2/p-2. The van der Waals surface area contributed by atoms with Gasteiger partial charge in [0, 0.05) is 74.8 Å². The maximum atomic E-state index is 5.88. The zero-order chi connectivity index (χ0) is 34.4. The first-order chi connectivity index (χ1) is 22.9. The van der Waals surface area contributed by atoms with Gasteiger partial charge in [0.05, 0.1) is 22.8 Å². The van der Waals surface area contributed by atoms with Crippen LogP contribution in [0, 0.1) is 0 Å². The van der Waals surface area contributed by atoms with Gasteiger partial charge in [0.1, 0.15) is 0 Å². The van der Waals surface area contributed by atoms with Gasteiger partial charge in [0.15, 0.2) is 0 Å². The van der Waals surface area contributed by atoms with Crippen molar-refractivity contribution in [3.05, 3.63) is 85.5 Å². The summed E-state index contributed by atoms with van der Waals surface area (Å²) in [6, 6.07) is 19.3. The Morgan fingerprint density at radius 2 is 0.766 bits per heavy atom. The molecule has 0 amide bonds. The molecule has 4 heterocycles. The summed E-state index contributed by atoms with van der Waals surface area (Å²) in [5.74, 6) is 0. The summed E-state index contributed by atoms with van der Waals surface area (Å²) in [6.45, 7) is 14.9. The van der Waals surface area contributed by atoms with Crippen molar-refractivity contribution in [2.24, 2.45) is 0 Å². The van der Waals surface area contributed by atoms with Crippen LogP contribution in [-0.4, -0.2) is 77.2 Å². The molecule has 0 aliphatic carbocycles. The van der Waals surface area contributed by atoms with Crippen molar-refractivity contribution in [3.63, 3.8) is 0 Å². The fraction of sp³-hybridized carbons (Fsp3) is 0.375. The van der Waals surface area contributed by atoms with Gasteiger partial charge in [-0.25, -0.2) is 0 Å². The molecule has 0 aliphatic rings. The average molecular weight is 898 g/mol. The average Bonchev–Trinajstić information content (AvgIpc) is 3.10. The second-order valence-electron chi connectivity index (χ2n) is 9.06. The summed E-state index contributed by atoms with van der Waals surface area (Å²) in [6.07, 6.45) is 7.06. The van der Waals surface area contributed by atoms with Crippen molar-refractivity contribution < 1.29 is 39.8 Å². The van der Waals surface area contributed by atoms with Gasteiger partial charge in [-0.15, -0.1) is 0 Å². The minimum atomic E-state index is -2.88. The summed E-state index contributed by atoms with van der Waals surface area (Å²) in [5, 5.41) is 1.75. The third kappa shape index (κ3) is 13.0. The second-order valence-corrected chi connectivity index (χ2v) is 22.2. The van der Waals surface area contributed by atoms with E-state index in [0.717, 1.165) is 33.1 Å². The Kier molecular flexibility index (Phi) is 20.9. The van der Waals surface area contributed by atoms with Crippen LogP contribution < -0.4 is 10.4 Å². The van der Waals surface area contributed by atoms with Gasteiger partial charge in [0.2, 0.25) is 0 Å². The zero-order valence-corrected chi connectivity index (χ0v) is 34.6. The molecule has 0 saturated heterocycles. The Balaban J connectivity index is 0.000000302. The fourth-order valence-corrected chi connectivity index (χ4v) is 9.17. The number of aromatic nitrogens is 4.